The van der Waals surface area contributed by atoms with Crippen LogP contribution in [0.5, 0.6) is 17.2 Å². The molecule has 1 heterocycles. The van der Waals surface area contributed by atoms with Crippen LogP contribution in [-0.2, 0) is 9.59 Å². The fourth-order valence-electron chi connectivity index (χ4n) is 4.12. The number of hydrogen-bond donors (Lipinski definition) is 1. The molecule has 1 atom stereocenters. The van der Waals surface area contributed by atoms with E-state index >= 15 is 0 Å². The van der Waals surface area contributed by atoms with Crippen molar-refractivity contribution in [2.24, 2.45) is 0 Å². The van der Waals surface area contributed by atoms with Crippen molar-refractivity contribution in [3.05, 3.63) is 58.1 Å². The van der Waals surface area contributed by atoms with Crippen molar-refractivity contribution in [2.45, 2.75) is 19.4 Å². The van der Waals surface area contributed by atoms with E-state index in [1.807, 2.05) is 25.9 Å². The smallest absolute Gasteiger partial charge is 0.295 e. The van der Waals surface area contributed by atoms with Crippen LogP contribution < -0.4 is 14.2 Å². The number of aliphatic hydroxyl groups excluding tert-OH is 1. The average Bonchev–Trinajstić information content (AvgIpc) is 3.09. The minimum Gasteiger partial charge on any atom is -0.507 e. The number of carbonyl (C=O) groups excluding carboxylic acids is 2. The van der Waals surface area contributed by atoms with Crippen molar-refractivity contribution >= 4 is 29.1 Å². The Hall–Kier alpha value is -3.23. The molecule has 1 aliphatic rings. The van der Waals surface area contributed by atoms with Gasteiger partial charge in [-0.05, 0) is 70.4 Å². The lowest BCUT2D eigenvalue weighted by Gasteiger charge is -2.27. The van der Waals surface area contributed by atoms with E-state index in [4.69, 9.17) is 25.8 Å². The van der Waals surface area contributed by atoms with Crippen LogP contribution in [0.1, 0.15) is 30.5 Å². The zero-order valence-electron chi connectivity index (χ0n) is 20.6. The van der Waals surface area contributed by atoms with Crippen LogP contribution in [0.15, 0.2) is 42.0 Å². The molecule has 1 amide bonds. The van der Waals surface area contributed by atoms with E-state index in [0.29, 0.717) is 47.9 Å². The van der Waals surface area contributed by atoms with Crippen LogP contribution in [-0.4, -0.2) is 74.6 Å². The van der Waals surface area contributed by atoms with Crippen LogP contribution in [0.2, 0.25) is 5.02 Å². The first kappa shape index (κ1) is 26.4. The Bertz CT molecular complexity index is 1130. The van der Waals surface area contributed by atoms with E-state index in [0.717, 1.165) is 6.54 Å². The fraction of sp³-hybridized carbons (Fsp3) is 0.385. The Kier molecular flexibility index (Phi) is 8.64. The van der Waals surface area contributed by atoms with Crippen molar-refractivity contribution in [1.82, 2.24) is 9.80 Å². The number of benzene rings is 2. The van der Waals surface area contributed by atoms with Gasteiger partial charge < -0.3 is 29.1 Å². The summed E-state index contributed by atoms with van der Waals surface area (Å²) < 4.78 is 16.4. The Balaban J connectivity index is 2.18. The summed E-state index contributed by atoms with van der Waals surface area (Å²) in [5.41, 5.74) is 0.803. The van der Waals surface area contributed by atoms with E-state index in [2.05, 4.69) is 0 Å². The van der Waals surface area contributed by atoms with Gasteiger partial charge in [-0.2, -0.15) is 0 Å². The van der Waals surface area contributed by atoms with Gasteiger partial charge in [0, 0.05) is 17.7 Å². The number of aliphatic hydroxyl groups is 1. The maximum Gasteiger partial charge on any atom is 0.295 e. The van der Waals surface area contributed by atoms with Gasteiger partial charge in [-0.3, -0.25) is 9.59 Å². The molecule has 0 aromatic heterocycles. The summed E-state index contributed by atoms with van der Waals surface area (Å²) >= 11 is 6.33. The number of Topliss-reactive ketones (excluding diaryl/α,β-unsaturated/α-hetero) is 1. The minimum atomic E-state index is -0.868. The van der Waals surface area contributed by atoms with Gasteiger partial charge in [-0.25, -0.2) is 0 Å². The Labute approximate surface area is 210 Å². The third-order valence-electron chi connectivity index (χ3n) is 5.78. The van der Waals surface area contributed by atoms with E-state index in [9.17, 15) is 14.7 Å². The van der Waals surface area contributed by atoms with Crippen molar-refractivity contribution in [3.63, 3.8) is 0 Å². The van der Waals surface area contributed by atoms with Gasteiger partial charge >= 0.3 is 0 Å². The summed E-state index contributed by atoms with van der Waals surface area (Å²) in [5.74, 6) is -0.321. The molecule has 1 aliphatic heterocycles. The lowest BCUT2D eigenvalue weighted by molar-refractivity contribution is -0.140. The number of amides is 1. The molecular formula is C26H31ClN2O6. The SMILES string of the molecule is CCOc1ccc(C(O)=C2C(=O)C(=O)N(CCCN(C)C)[C@H]2c2cc(OC)ccc2OC)cc1Cl. The monoisotopic (exact) mass is 502 g/mol. The number of carbonyl (C=O) groups is 2. The maximum absolute atomic E-state index is 13.3. The summed E-state index contributed by atoms with van der Waals surface area (Å²) in [6.07, 6.45) is 0.637. The third-order valence-corrected chi connectivity index (χ3v) is 6.08. The molecule has 2 aromatic carbocycles. The first-order chi connectivity index (χ1) is 16.7. The number of hydrogen-bond acceptors (Lipinski definition) is 7. The molecule has 9 heteroatoms. The molecule has 8 nitrogen and oxygen atoms in total. The van der Waals surface area contributed by atoms with Crippen LogP contribution >= 0.6 is 11.6 Å². The van der Waals surface area contributed by atoms with Crippen molar-refractivity contribution < 1.29 is 28.9 Å². The zero-order valence-corrected chi connectivity index (χ0v) is 21.4. The van der Waals surface area contributed by atoms with Crippen LogP contribution in [0.3, 0.4) is 0 Å². The molecule has 3 rings (SSSR count). The number of rotatable bonds is 10. The maximum atomic E-state index is 13.3. The Morgan fingerprint density at radius 3 is 2.40 bits per heavy atom. The molecule has 1 N–H and O–H groups in total. The number of methoxy groups -OCH3 is 2. The predicted molar refractivity (Wildman–Crippen MR) is 134 cm³/mol. The molecule has 1 saturated heterocycles. The number of likely N-dealkylation sites (tertiary alicyclic amines) is 1. The summed E-state index contributed by atoms with van der Waals surface area (Å²) in [4.78, 5) is 29.9. The first-order valence-corrected chi connectivity index (χ1v) is 11.7. The highest BCUT2D eigenvalue weighted by Gasteiger charge is 2.47. The van der Waals surface area contributed by atoms with Crippen molar-refractivity contribution in [1.29, 1.82) is 0 Å². The molecule has 0 saturated carbocycles. The lowest BCUT2D eigenvalue weighted by Crippen LogP contribution is -2.32. The van der Waals surface area contributed by atoms with E-state index in [1.54, 1.807) is 30.3 Å². The molecule has 0 unspecified atom stereocenters. The normalized spacial score (nSPS) is 17.2. The fourth-order valence-corrected chi connectivity index (χ4v) is 4.36. The van der Waals surface area contributed by atoms with Gasteiger partial charge in [0.05, 0.1) is 37.5 Å². The highest BCUT2D eigenvalue weighted by atomic mass is 35.5. The quantitative estimate of drug-likeness (QED) is 0.297. The number of halogens is 1. The van der Waals surface area contributed by atoms with Crippen LogP contribution in [0.25, 0.3) is 5.76 Å². The highest BCUT2D eigenvalue weighted by Crippen LogP contribution is 2.44. The highest BCUT2D eigenvalue weighted by molar-refractivity contribution is 6.46. The topological polar surface area (TPSA) is 88.5 Å². The van der Waals surface area contributed by atoms with Gasteiger partial charge in [0.25, 0.3) is 11.7 Å². The number of ketones is 1. The Morgan fingerprint density at radius 1 is 1.09 bits per heavy atom. The second-order valence-electron chi connectivity index (χ2n) is 8.34. The summed E-state index contributed by atoms with van der Waals surface area (Å²) in [5, 5.41) is 11.6. The second-order valence-corrected chi connectivity index (χ2v) is 8.74. The Morgan fingerprint density at radius 2 is 1.80 bits per heavy atom. The molecule has 1 fully saturated rings. The molecule has 2 aromatic rings. The number of ether oxygens (including phenoxy) is 3. The minimum absolute atomic E-state index is 0.0355. The number of nitrogens with zero attached hydrogens (tertiary/aromatic N) is 2. The summed E-state index contributed by atoms with van der Waals surface area (Å²) in [6, 6.07) is 9.02. The van der Waals surface area contributed by atoms with Gasteiger partial charge in [-0.15, -0.1) is 0 Å². The third kappa shape index (κ3) is 5.55. The predicted octanol–water partition coefficient (Wildman–Crippen LogP) is 4.13. The van der Waals surface area contributed by atoms with E-state index < -0.39 is 17.7 Å². The standard InChI is InChI=1S/C26H31ClN2O6/c1-6-35-21-10-8-16(14-19(21)27)24(30)22-23(18-15-17(33-4)9-11-20(18)34-5)29(26(32)25(22)31)13-7-12-28(2)3/h8-11,14-15,23,30H,6-7,12-13H2,1-5H3/t23-/m0/s1. The van der Waals surface area contributed by atoms with E-state index in [-0.39, 0.29) is 16.4 Å². The average molecular weight is 503 g/mol. The van der Waals surface area contributed by atoms with Crippen molar-refractivity contribution in [3.8, 4) is 17.2 Å². The summed E-state index contributed by atoms with van der Waals surface area (Å²) in [6.45, 7) is 3.30. The van der Waals surface area contributed by atoms with Gasteiger partial charge in [0.1, 0.15) is 23.0 Å². The molecule has 0 bridgehead atoms. The molecule has 0 radical (unpaired) electrons. The summed E-state index contributed by atoms with van der Waals surface area (Å²) in [7, 11) is 6.91. The molecular weight excluding hydrogens is 472 g/mol. The van der Waals surface area contributed by atoms with Gasteiger partial charge in [0.15, 0.2) is 0 Å². The van der Waals surface area contributed by atoms with Gasteiger partial charge in [0.2, 0.25) is 0 Å². The van der Waals surface area contributed by atoms with Gasteiger partial charge in [-0.1, -0.05) is 11.6 Å². The zero-order chi connectivity index (χ0) is 25.7. The second kappa shape index (κ2) is 11.5. The molecule has 35 heavy (non-hydrogen) atoms. The largest absolute Gasteiger partial charge is 0.507 e. The van der Waals surface area contributed by atoms with Crippen LogP contribution in [0, 0.1) is 0 Å². The van der Waals surface area contributed by atoms with Crippen LogP contribution in [0.4, 0.5) is 0 Å². The molecule has 0 spiro atoms. The lowest BCUT2D eigenvalue weighted by atomic mass is 9.94. The van der Waals surface area contributed by atoms with Crippen molar-refractivity contribution in [2.75, 3.05) is 48.0 Å². The molecule has 0 aliphatic carbocycles. The molecule has 188 valence electrons. The van der Waals surface area contributed by atoms with E-state index in [1.165, 1.54) is 25.2 Å². The first-order valence-electron chi connectivity index (χ1n) is 11.3.